The van der Waals surface area contributed by atoms with E-state index in [4.69, 9.17) is 0 Å². The van der Waals surface area contributed by atoms with Crippen LogP contribution in [0.3, 0.4) is 0 Å². The normalized spacial score (nSPS) is 17.0. The number of aliphatic hydroxyl groups is 1. The summed E-state index contributed by atoms with van der Waals surface area (Å²) in [6, 6.07) is 2.53. The first-order valence-electron chi connectivity index (χ1n) is 7.47. The summed E-state index contributed by atoms with van der Waals surface area (Å²) >= 11 is 0. The van der Waals surface area contributed by atoms with Gasteiger partial charge < -0.3 is 15.2 Å². The number of amides is 1. The van der Waals surface area contributed by atoms with E-state index in [2.05, 4.69) is 15.0 Å². The molecular weight excluding hydrogens is 313 g/mol. The van der Waals surface area contributed by atoms with Crippen LogP contribution in [-0.2, 0) is 0 Å². The fraction of sp³-hybridized carbons (Fsp3) is 0.600. The van der Waals surface area contributed by atoms with Gasteiger partial charge in [-0.3, -0.25) is 4.79 Å². The fourth-order valence-electron chi connectivity index (χ4n) is 2.56. The molecule has 1 aromatic rings. The molecule has 0 bridgehead atoms. The highest BCUT2D eigenvalue weighted by atomic mass is 19.4. The second kappa shape index (κ2) is 7.63. The van der Waals surface area contributed by atoms with Crippen LogP contribution < -0.4 is 10.1 Å². The van der Waals surface area contributed by atoms with Gasteiger partial charge in [0.1, 0.15) is 0 Å². The maximum Gasteiger partial charge on any atom is 0.422 e. The molecule has 5 nitrogen and oxygen atoms in total. The van der Waals surface area contributed by atoms with Crippen LogP contribution in [0.5, 0.6) is 5.88 Å². The molecule has 23 heavy (non-hydrogen) atoms. The van der Waals surface area contributed by atoms with Gasteiger partial charge >= 0.3 is 6.18 Å². The summed E-state index contributed by atoms with van der Waals surface area (Å²) in [6.45, 7) is -1.28. The first-order chi connectivity index (χ1) is 10.8. The molecule has 1 saturated carbocycles. The van der Waals surface area contributed by atoms with Gasteiger partial charge in [-0.25, -0.2) is 4.98 Å². The number of hydrogen-bond donors (Lipinski definition) is 2. The number of halogens is 3. The van der Waals surface area contributed by atoms with E-state index in [-0.39, 0.29) is 23.9 Å². The Morgan fingerprint density at radius 1 is 1.39 bits per heavy atom. The third-order valence-electron chi connectivity index (χ3n) is 3.80. The number of aliphatic hydroxyl groups excluding tert-OH is 1. The summed E-state index contributed by atoms with van der Waals surface area (Å²) in [5, 5.41) is 12.6. The lowest BCUT2D eigenvalue weighted by atomic mass is 10.0. The van der Waals surface area contributed by atoms with E-state index in [9.17, 15) is 23.1 Å². The van der Waals surface area contributed by atoms with Crippen LogP contribution in [0.1, 0.15) is 36.0 Å². The van der Waals surface area contributed by atoms with E-state index in [1.54, 1.807) is 0 Å². The van der Waals surface area contributed by atoms with Gasteiger partial charge in [0, 0.05) is 18.8 Å². The number of ether oxygens (including phenoxy) is 1. The molecule has 1 aliphatic carbocycles. The van der Waals surface area contributed by atoms with Crippen LogP contribution in [0, 0.1) is 5.92 Å². The number of pyridine rings is 1. The SMILES string of the molecule is O=C(NCC(O)C1CCCC1)c1ccc(OCC(F)(F)F)nc1. The molecule has 2 rings (SSSR count). The topological polar surface area (TPSA) is 71.5 Å². The summed E-state index contributed by atoms with van der Waals surface area (Å²) in [5.74, 6) is -0.423. The molecule has 0 saturated heterocycles. The van der Waals surface area contributed by atoms with E-state index in [1.165, 1.54) is 12.1 Å². The van der Waals surface area contributed by atoms with E-state index in [0.717, 1.165) is 31.9 Å². The Labute approximate surface area is 131 Å². The van der Waals surface area contributed by atoms with Crippen molar-refractivity contribution in [1.82, 2.24) is 10.3 Å². The van der Waals surface area contributed by atoms with Gasteiger partial charge in [0.15, 0.2) is 6.61 Å². The number of hydrogen-bond acceptors (Lipinski definition) is 4. The Hall–Kier alpha value is -1.83. The Kier molecular flexibility index (Phi) is 5.81. The predicted molar refractivity (Wildman–Crippen MR) is 76.1 cm³/mol. The molecule has 128 valence electrons. The van der Waals surface area contributed by atoms with Crippen molar-refractivity contribution in [2.45, 2.75) is 38.0 Å². The maximum atomic E-state index is 12.0. The Balaban J connectivity index is 1.80. The number of alkyl halides is 3. The monoisotopic (exact) mass is 332 g/mol. The molecule has 1 aromatic heterocycles. The van der Waals surface area contributed by atoms with E-state index < -0.39 is 24.8 Å². The summed E-state index contributed by atoms with van der Waals surface area (Å²) in [6.07, 6.45) is 0.242. The first kappa shape index (κ1) is 17.5. The molecule has 0 aromatic carbocycles. The summed E-state index contributed by atoms with van der Waals surface area (Å²) in [4.78, 5) is 15.6. The van der Waals surface area contributed by atoms with Gasteiger partial charge in [-0.15, -0.1) is 0 Å². The molecule has 8 heteroatoms. The van der Waals surface area contributed by atoms with Crippen LogP contribution in [0.25, 0.3) is 0 Å². The first-order valence-corrected chi connectivity index (χ1v) is 7.47. The van der Waals surface area contributed by atoms with Crippen LogP contribution in [0.15, 0.2) is 18.3 Å². The van der Waals surface area contributed by atoms with E-state index in [0.29, 0.717) is 0 Å². The van der Waals surface area contributed by atoms with Crippen LogP contribution >= 0.6 is 0 Å². The van der Waals surface area contributed by atoms with Crippen molar-refractivity contribution in [2.24, 2.45) is 5.92 Å². The van der Waals surface area contributed by atoms with Gasteiger partial charge in [0.2, 0.25) is 5.88 Å². The van der Waals surface area contributed by atoms with Crippen molar-refractivity contribution in [1.29, 1.82) is 0 Å². The second-order valence-electron chi connectivity index (χ2n) is 5.61. The number of nitrogens with zero attached hydrogens (tertiary/aromatic N) is 1. The zero-order valence-electron chi connectivity index (χ0n) is 12.5. The zero-order valence-corrected chi connectivity index (χ0v) is 12.5. The molecule has 2 N–H and O–H groups in total. The molecule has 1 aliphatic rings. The van der Waals surface area contributed by atoms with Crippen LogP contribution in [0.4, 0.5) is 13.2 Å². The molecule has 1 amide bonds. The van der Waals surface area contributed by atoms with Crippen molar-refractivity contribution in [3.05, 3.63) is 23.9 Å². The molecule has 1 fully saturated rings. The highest BCUT2D eigenvalue weighted by Gasteiger charge is 2.28. The summed E-state index contributed by atoms with van der Waals surface area (Å²) in [5.41, 5.74) is 0.197. The average molecular weight is 332 g/mol. The number of nitrogens with one attached hydrogen (secondary N) is 1. The molecule has 0 aliphatic heterocycles. The standard InChI is InChI=1S/C15H19F3N2O3/c16-15(17,18)9-23-13-6-5-11(7-19-13)14(22)20-8-12(21)10-3-1-2-4-10/h5-7,10,12,21H,1-4,8-9H2,(H,20,22). The third kappa shape index (κ3) is 5.70. The van der Waals surface area contributed by atoms with Gasteiger partial charge in [0.05, 0.1) is 11.7 Å². The average Bonchev–Trinajstić information content (AvgIpc) is 3.04. The van der Waals surface area contributed by atoms with Crippen molar-refractivity contribution in [3.8, 4) is 5.88 Å². The Morgan fingerprint density at radius 3 is 2.65 bits per heavy atom. The minimum absolute atomic E-state index is 0.149. The van der Waals surface area contributed by atoms with Crippen molar-refractivity contribution >= 4 is 5.91 Å². The van der Waals surface area contributed by atoms with Crippen LogP contribution in [0.2, 0.25) is 0 Å². The van der Waals surface area contributed by atoms with E-state index in [1.807, 2.05) is 0 Å². The lowest BCUT2D eigenvalue weighted by molar-refractivity contribution is -0.154. The molecule has 1 unspecified atom stereocenters. The summed E-state index contributed by atoms with van der Waals surface area (Å²) in [7, 11) is 0. The Morgan fingerprint density at radius 2 is 2.09 bits per heavy atom. The Bertz CT molecular complexity index is 514. The fourth-order valence-corrected chi connectivity index (χ4v) is 2.56. The number of aromatic nitrogens is 1. The number of rotatable bonds is 6. The summed E-state index contributed by atoms with van der Waals surface area (Å²) < 4.78 is 40.5. The second-order valence-corrected chi connectivity index (χ2v) is 5.61. The van der Waals surface area contributed by atoms with Gasteiger partial charge in [-0.1, -0.05) is 12.8 Å². The van der Waals surface area contributed by atoms with Crippen molar-refractivity contribution in [2.75, 3.05) is 13.2 Å². The van der Waals surface area contributed by atoms with Gasteiger partial charge in [0.25, 0.3) is 5.91 Å². The third-order valence-corrected chi connectivity index (χ3v) is 3.80. The minimum atomic E-state index is -4.44. The highest BCUT2D eigenvalue weighted by Crippen LogP contribution is 2.27. The van der Waals surface area contributed by atoms with Gasteiger partial charge in [-0.2, -0.15) is 13.2 Å². The lowest BCUT2D eigenvalue weighted by Gasteiger charge is -2.18. The minimum Gasteiger partial charge on any atom is -0.468 e. The molecule has 1 heterocycles. The smallest absolute Gasteiger partial charge is 0.422 e. The van der Waals surface area contributed by atoms with E-state index >= 15 is 0 Å². The highest BCUT2D eigenvalue weighted by molar-refractivity contribution is 5.93. The predicted octanol–water partition coefficient (Wildman–Crippen LogP) is 2.30. The number of carbonyl (C=O) groups excluding carboxylic acids is 1. The van der Waals surface area contributed by atoms with Gasteiger partial charge in [-0.05, 0) is 24.8 Å². The van der Waals surface area contributed by atoms with Crippen molar-refractivity contribution in [3.63, 3.8) is 0 Å². The maximum absolute atomic E-state index is 12.0. The molecule has 0 spiro atoms. The zero-order chi connectivity index (χ0) is 16.9. The molecular formula is C15H19F3N2O3. The van der Waals surface area contributed by atoms with Crippen molar-refractivity contribution < 1.29 is 27.8 Å². The van der Waals surface area contributed by atoms with Crippen LogP contribution in [-0.4, -0.2) is 41.4 Å². The quantitative estimate of drug-likeness (QED) is 0.838. The number of carbonyl (C=O) groups is 1. The largest absolute Gasteiger partial charge is 0.468 e. The lowest BCUT2D eigenvalue weighted by Crippen LogP contribution is -2.35. The molecule has 0 radical (unpaired) electrons. The molecule has 1 atom stereocenters.